The molecule has 0 saturated heterocycles. The summed E-state index contributed by atoms with van der Waals surface area (Å²) in [7, 11) is 1.45. The number of nitrogens with one attached hydrogen (secondary N) is 1. The van der Waals surface area contributed by atoms with Gasteiger partial charge in [0.25, 0.3) is 5.91 Å². The van der Waals surface area contributed by atoms with Crippen molar-refractivity contribution in [2.45, 2.75) is 26.4 Å². The summed E-state index contributed by atoms with van der Waals surface area (Å²) in [5.41, 5.74) is 1.29. The van der Waals surface area contributed by atoms with E-state index in [0.717, 1.165) is 5.56 Å². The minimum atomic E-state index is -0.945. The first-order chi connectivity index (χ1) is 13.5. The highest BCUT2D eigenvalue weighted by Crippen LogP contribution is 2.36. The van der Waals surface area contributed by atoms with Gasteiger partial charge in [0, 0.05) is 6.54 Å². The predicted octanol–water partition coefficient (Wildman–Crippen LogP) is 3.65. The number of ether oxygens (including phenoxy) is 3. The van der Waals surface area contributed by atoms with Crippen LogP contribution in [0.4, 0.5) is 0 Å². The summed E-state index contributed by atoms with van der Waals surface area (Å²) < 4.78 is 15.9. The predicted molar refractivity (Wildman–Crippen MR) is 107 cm³/mol. The van der Waals surface area contributed by atoms with Crippen LogP contribution >= 0.6 is 11.6 Å². The molecule has 0 bridgehead atoms. The highest BCUT2D eigenvalue weighted by atomic mass is 35.5. The van der Waals surface area contributed by atoms with Crippen molar-refractivity contribution in [3.63, 3.8) is 0 Å². The van der Waals surface area contributed by atoms with Crippen molar-refractivity contribution in [1.29, 1.82) is 0 Å². The molecule has 6 nitrogen and oxygen atoms in total. The number of hydrogen-bond acceptors (Lipinski definition) is 5. The second kappa shape index (κ2) is 10.6. The average Bonchev–Trinajstić information content (AvgIpc) is 2.69. The van der Waals surface area contributed by atoms with E-state index in [0.29, 0.717) is 31.1 Å². The Morgan fingerprint density at radius 2 is 1.89 bits per heavy atom. The van der Waals surface area contributed by atoms with Gasteiger partial charge < -0.3 is 19.5 Å². The van der Waals surface area contributed by atoms with Crippen molar-refractivity contribution in [2.24, 2.45) is 0 Å². The average molecular weight is 406 g/mol. The van der Waals surface area contributed by atoms with Gasteiger partial charge in [0.05, 0.1) is 24.3 Å². The number of benzene rings is 2. The number of hydrogen-bond donors (Lipinski definition) is 1. The Bertz CT molecular complexity index is 810. The van der Waals surface area contributed by atoms with Crippen LogP contribution in [0.25, 0.3) is 0 Å². The van der Waals surface area contributed by atoms with Gasteiger partial charge in [0.2, 0.25) is 0 Å². The van der Waals surface area contributed by atoms with Crippen LogP contribution in [-0.4, -0.2) is 38.2 Å². The maximum Gasteiger partial charge on any atom is 0.339 e. The highest BCUT2D eigenvalue weighted by Gasteiger charge is 2.21. The van der Waals surface area contributed by atoms with Crippen molar-refractivity contribution >= 4 is 23.5 Å². The summed E-state index contributed by atoms with van der Waals surface area (Å²) in [5, 5.41) is 2.99. The normalized spacial score (nSPS) is 11.4. The van der Waals surface area contributed by atoms with Crippen molar-refractivity contribution in [3.8, 4) is 11.5 Å². The van der Waals surface area contributed by atoms with Gasteiger partial charge in [-0.15, -0.1) is 0 Å². The summed E-state index contributed by atoms with van der Waals surface area (Å²) in [6.07, 6.45) is -0.251. The number of amides is 1. The molecule has 0 fully saturated rings. The molecule has 0 unspecified atom stereocenters. The lowest BCUT2D eigenvalue weighted by Gasteiger charge is -2.15. The van der Waals surface area contributed by atoms with E-state index in [9.17, 15) is 9.59 Å². The van der Waals surface area contributed by atoms with Crippen molar-refractivity contribution in [2.75, 3.05) is 20.3 Å². The van der Waals surface area contributed by atoms with Crippen molar-refractivity contribution in [1.82, 2.24) is 5.32 Å². The van der Waals surface area contributed by atoms with E-state index >= 15 is 0 Å². The Morgan fingerprint density at radius 1 is 1.18 bits per heavy atom. The molecular weight excluding hydrogens is 382 g/mol. The number of esters is 1. The van der Waals surface area contributed by atoms with Crippen LogP contribution in [0.3, 0.4) is 0 Å². The molecule has 7 heteroatoms. The van der Waals surface area contributed by atoms with Gasteiger partial charge in [0.1, 0.15) is 0 Å². The number of halogens is 1. The van der Waals surface area contributed by atoms with E-state index in [1.807, 2.05) is 37.3 Å². The summed E-state index contributed by atoms with van der Waals surface area (Å²) in [6.45, 7) is 4.19. The van der Waals surface area contributed by atoms with Crippen LogP contribution in [0.1, 0.15) is 29.8 Å². The Morgan fingerprint density at radius 3 is 2.54 bits per heavy atom. The molecule has 0 aliphatic carbocycles. The minimum Gasteiger partial charge on any atom is -0.493 e. The number of methoxy groups -OCH3 is 1. The molecule has 1 atom stereocenters. The molecule has 0 aliphatic rings. The Labute approximate surface area is 169 Å². The third-order valence-electron chi connectivity index (χ3n) is 3.96. The lowest BCUT2D eigenvalue weighted by molar-refractivity contribution is -0.129. The molecule has 1 N–H and O–H groups in total. The second-order valence-corrected chi connectivity index (χ2v) is 6.40. The number of carbonyl (C=O) groups is 2. The molecule has 0 spiro atoms. The van der Waals surface area contributed by atoms with Gasteiger partial charge >= 0.3 is 5.97 Å². The molecule has 0 aromatic heterocycles. The van der Waals surface area contributed by atoms with E-state index in [1.54, 1.807) is 0 Å². The third-order valence-corrected chi connectivity index (χ3v) is 4.24. The van der Waals surface area contributed by atoms with Crippen LogP contribution < -0.4 is 14.8 Å². The van der Waals surface area contributed by atoms with Crippen LogP contribution in [0.5, 0.6) is 11.5 Å². The van der Waals surface area contributed by atoms with E-state index < -0.39 is 12.1 Å². The zero-order valence-electron chi connectivity index (χ0n) is 16.2. The molecular formula is C21H24ClNO5. The van der Waals surface area contributed by atoms with Gasteiger partial charge in [0.15, 0.2) is 17.6 Å². The molecule has 150 valence electrons. The van der Waals surface area contributed by atoms with E-state index in [4.69, 9.17) is 25.8 Å². The second-order valence-electron chi connectivity index (χ2n) is 6.00. The van der Waals surface area contributed by atoms with Crippen molar-refractivity contribution in [3.05, 3.63) is 58.6 Å². The Kier molecular flexibility index (Phi) is 8.14. The molecule has 2 aromatic rings. The molecule has 2 rings (SSSR count). The van der Waals surface area contributed by atoms with Gasteiger partial charge in [-0.25, -0.2) is 4.79 Å². The molecule has 0 heterocycles. The molecule has 28 heavy (non-hydrogen) atoms. The largest absolute Gasteiger partial charge is 0.493 e. The number of rotatable bonds is 9. The monoisotopic (exact) mass is 405 g/mol. The molecule has 0 aliphatic heterocycles. The van der Waals surface area contributed by atoms with Crippen LogP contribution in [-0.2, 0) is 16.0 Å². The fourth-order valence-electron chi connectivity index (χ4n) is 2.52. The molecule has 0 radical (unpaired) electrons. The summed E-state index contributed by atoms with van der Waals surface area (Å²) in [5.74, 6) is -0.363. The summed E-state index contributed by atoms with van der Waals surface area (Å²) in [4.78, 5) is 24.6. The van der Waals surface area contributed by atoms with Gasteiger partial charge in [-0.2, -0.15) is 0 Å². The summed E-state index contributed by atoms with van der Waals surface area (Å²) in [6, 6.07) is 12.7. The fraction of sp³-hybridized carbons (Fsp3) is 0.333. The molecule has 2 aromatic carbocycles. The zero-order valence-corrected chi connectivity index (χ0v) is 16.9. The number of carbonyl (C=O) groups excluding carboxylic acids is 2. The fourth-order valence-corrected chi connectivity index (χ4v) is 2.79. The van der Waals surface area contributed by atoms with Crippen LogP contribution in [0, 0.1) is 0 Å². The first kappa shape index (κ1) is 21.6. The van der Waals surface area contributed by atoms with Gasteiger partial charge in [-0.1, -0.05) is 41.9 Å². The van der Waals surface area contributed by atoms with E-state index in [-0.39, 0.29) is 16.5 Å². The lowest BCUT2D eigenvalue weighted by atomic mass is 10.1. The Hall–Kier alpha value is -2.73. The third kappa shape index (κ3) is 5.89. The zero-order chi connectivity index (χ0) is 20.5. The smallest absolute Gasteiger partial charge is 0.339 e. The maximum absolute atomic E-state index is 12.4. The maximum atomic E-state index is 12.4. The quantitative estimate of drug-likeness (QED) is 0.644. The van der Waals surface area contributed by atoms with E-state index in [2.05, 4.69) is 5.32 Å². The van der Waals surface area contributed by atoms with E-state index in [1.165, 1.54) is 26.2 Å². The lowest BCUT2D eigenvalue weighted by Crippen LogP contribution is -2.36. The van der Waals surface area contributed by atoms with Crippen molar-refractivity contribution < 1.29 is 23.8 Å². The standard InChI is InChI=1S/C21H24ClNO5/c1-4-27-19-17(22)12-16(13-18(19)26-3)21(25)28-14(2)20(24)23-11-10-15-8-6-5-7-9-15/h5-9,12-14H,4,10-11H2,1-3H3,(H,23,24)/t14-/m1/s1. The summed E-state index contributed by atoms with van der Waals surface area (Å²) >= 11 is 6.17. The van der Waals surface area contributed by atoms with Gasteiger partial charge in [-0.05, 0) is 38.0 Å². The van der Waals surface area contributed by atoms with Crippen LogP contribution in [0.15, 0.2) is 42.5 Å². The van der Waals surface area contributed by atoms with Crippen LogP contribution in [0.2, 0.25) is 5.02 Å². The highest BCUT2D eigenvalue weighted by molar-refractivity contribution is 6.32. The first-order valence-electron chi connectivity index (χ1n) is 8.99. The molecule has 1 amide bonds. The van der Waals surface area contributed by atoms with Gasteiger partial charge in [-0.3, -0.25) is 4.79 Å². The first-order valence-corrected chi connectivity index (χ1v) is 9.37. The molecule has 0 saturated carbocycles. The topological polar surface area (TPSA) is 73.9 Å². The SMILES string of the molecule is CCOc1c(Cl)cc(C(=O)O[C@H](C)C(=O)NCCc2ccccc2)cc1OC. The Balaban J connectivity index is 1.93. The minimum absolute atomic E-state index is 0.175.